The van der Waals surface area contributed by atoms with Crippen LogP contribution in [0.3, 0.4) is 0 Å². The van der Waals surface area contributed by atoms with Gasteiger partial charge in [0, 0.05) is 12.8 Å². The molecule has 1 rings (SSSR count). The van der Waals surface area contributed by atoms with E-state index < -0.39 is 19.5 Å². The quantitative estimate of drug-likeness (QED) is 0.554. The Labute approximate surface area is 130 Å². The van der Waals surface area contributed by atoms with E-state index in [4.69, 9.17) is 0 Å². The fourth-order valence-corrected chi connectivity index (χ4v) is 2.92. The summed E-state index contributed by atoms with van der Waals surface area (Å²) in [6.07, 6.45) is 1.24. The van der Waals surface area contributed by atoms with Crippen LogP contribution in [0.15, 0.2) is 30.3 Å². The van der Waals surface area contributed by atoms with Crippen LogP contribution in [0.25, 0.3) is 0 Å². The second-order valence-corrected chi connectivity index (χ2v) is 6.75. The maximum absolute atomic E-state index is 11.8. The molecule has 0 radical (unpaired) electrons. The molecule has 1 aromatic rings. The van der Waals surface area contributed by atoms with E-state index in [0.29, 0.717) is 12.8 Å². The number of aryl methyl sites for hydroxylation is 1. The van der Waals surface area contributed by atoms with Crippen molar-refractivity contribution < 1.29 is 28.3 Å². The molecular formula is C15H21O6P. The molecule has 0 aliphatic rings. The normalized spacial score (nSPS) is 13.2. The smallest absolute Gasteiger partial charge is 0.378 e. The maximum Gasteiger partial charge on any atom is 0.378 e. The maximum atomic E-state index is 11.8. The van der Waals surface area contributed by atoms with Crippen molar-refractivity contribution in [1.29, 1.82) is 0 Å². The van der Waals surface area contributed by atoms with Crippen LogP contribution in [-0.4, -0.2) is 30.1 Å². The summed E-state index contributed by atoms with van der Waals surface area (Å²) in [4.78, 5) is 32.0. The molecule has 0 amide bonds. The average molecular weight is 328 g/mol. The van der Waals surface area contributed by atoms with Crippen molar-refractivity contribution >= 4 is 19.5 Å². The Hall–Kier alpha value is -1.65. The molecule has 7 heteroatoms. The standard InChI is InChI=1S/C15H21O6P/c1-20-14(16)10-5-11-15(17)21-22(18,19)12-6-9-13-7-3-2-4-8-13/h2-4,7-8H,5-6,9-12H2,1H3,(H,18,19). The van der Waals surface area contributed by atoms with E-state index in [9.17, 15) is 19.0 Å². The van der Waals surface area contributed by atoms with Crippen LogP contribution in [0.4, 0.5) is 0 Å². The number of carbonyl (C=O) groups is 2. The molecule has 22 heavy (non-hydrogen) atoms. The predicted molar refractivity (Wildman–Crippen MR) is 81.4 cm³/mol. The third-order valence-electron chi connectivity index (χ3n) is 2.98. The molecule has 0 aliphatic heterocycles. The topological polar surface area (TPSA) is 89.9 Å². The van der Waals surface area contributed by atoms with Gasteiger partial charge in [-0.3, -0.25) is 9.59 Å². The van der Waals surface area contributed by atoms with Gasteiger partial charge < -0.3 is 14.2 Å². The molecule has 0 fully saturated rings. The number of ether oxygens (including phenoxy) is 1. The van der Waals surface area contributed by atoms with Gasteiger partial charge in [0.05, 0.1) is 13.3 Å². The van der Waals surface area contributed by atoms with Crippen LogP contribution in [-0.2, 0) is 29.8 Å². The van der Waals surface area contributed by atoms with Crippen molar-refractivity contribution in [1.82, 2.24) is 0 Å². The van der Waals surface area contributed by atoms with Crippen molar-refractivity contribution in [2.75, 3.05) is 13.3 Å². The second kappa shape index (κ2) is 9.38. The summed E-state index contributed by atoms with van der Waals surface area (Å²) in [5.74, 6) is -1.20. The van der Waals surface area contributed by atoms with Gasteiger partial charge in [-0.05, 0) is 24.8 Å². The second-order valence-electron chi connectivity index (χ2n) is 4.84. The third kappa shape index (κ3) is 7.96. The Morgan fingerprint density at radius 1 is 1.09 bits per heavy atom. The van der Waals surface area contributed by atoms with Crippen LogP contribution in [0.5, 0.6) is 0 Å². The van der Waals surface area contributed by atoms with Gasteiger partial charge in [0.15, 0.2) is 0 Å². The molecule has 0 aromatic heterocycles. The van der Waals surface area contributed by atoms with E-state index >= 15 is 0 Å². The van der Waals surface area contributed by atoms with E-state index in [2.05, 4.69) is 9.26 Å². The Balaban J connectivity index is 2.26. The molecule has 0 spiro atoms. The Kier molecular flexibility index (Phi) is 7.85. The van der Waals surface area contributed by atoms with E-state index in [1.165, 1.54) is 7.11 Å². The Morgan fingerprint density at radius 3 is 2.36 bits per heavy atom. The van der Waals surface area contributed by atoms with Gasteiger partial charge in [-0.2, -0.15) is 0 Å². The van der Waals surface area contributed by atoms with E-state index in [1.807, 2.05) is 30.3 Å². The molecule has 122 valence electrons. The number of hydrogen-bond donors (Lipinski definition) is 1. The van der Waals surface area contributed by atoms with Crippen molar-refractivity contribution in [3.05, 3.63) is 35.9 Å². The van der Waals surface area contributed by atoms with Crippen molar-refractivity contribution in [2.45, 2.75) is 32.1 Å². The lowest BCUT2D eigenvalue weighted by molar-refractivity contribution is -0.141. The summed E-state index contributed by atoms with van der Waals surface area (Å²) in [5, 5.41) is 0. The van der Waals surface area contributed by atoms with Crippen molar-refractivity contribution in [3.8, 4) is 0 Å². The number of hydrogen-bond acceptors (Lipinski definition) is 5. The van der Waals surface area contributed by atoms with Crippen LogP contribution >= 0.6 is 7.60 Å². The van der Waals surface area contributed by atoms with Crippen LogP contribution in [0, 0.1) is 0 Å². The first-order valence-electron chi connectivity index (χ1n) is 7.08. The molecule has 1 aromatic carbocycles. The van der Waals surface area contributed by atoms with Crippen LogP contribution < -0.4 is 0 Å². The van der Waals surface area contributed by atoms with E-state index in [-0.39, 0.29) is 25.4 Å². The fourth-order valence-electron chi connectivity index (χ4n) is 1.86. The van der Waals surface area contributed by atoms with E-state index in [1.54, 1.807) is 0 Å². The Morgan fingerprint density at radius 2 is 1.73 bits per heavy atom. The molecular weight excluding hydrogens is 307 g/mol. The molecule has 0 bridgehead atoms. The number of carbonyl (C=O) groups excluding carboxylic acids is 2. The van der Waals surface area contributed by atoms with Gasteiger partial charge in [-0.25, -0.2) is 4.57 Å². The highest BCUT2D eigenvalue weighted by molar-refractivity contribution is 7.53. The lowest BCUT2D eigenvalue weighted by atomic mass is 10.1. The summed E-state index contributed by atoms with van der Waals surface area (Å²) in [5.41, 5.74) is 1.06. The van der Waals surface area contributed by atoms with Gasteiger partial charge in [0.2, 0.25) is 0 Å². The first kappa shape index (κ1) is 18.4. The minimum atomic E-state index is -3.92. The number of esters is 1. The number of rotatable bonds is 9. The summed E-state index contributed by atoms with van der Waals surface area (Å²) in [7, 11) is -2.66. The van der Waals surface area contributed by atoms with Crippen molar-refractivity contribution in [2.24, 2.45) is 0 Å². The zero-order chi connectivity index (χ0) is 16.4. The van der Waals surface area contributed by atoms with Crippen molar-refractivity contribution in [3.63, 3.8) is 0 Å². The minimum absolute atomic E-state index is 0.0787. The highest BCUT2D eigenvalue weighted by Gasteiger charge is 2.23. The highest BCUT2D eigenvalue weighted by atomic mass is 31.2. The molecule has 0 saturated carbocycles. The fraction of sp³-hybridized carbons (Fsp3) is 0.467. The first-order chi connectivity index (χ1) is 10.4. The summed E-state index contributed by atoms with van der Waals surface area (Å²) >= 11 is 0. The number of benzene rings is 1. The largest absolute Gasteiger partial charge is 0.469 e. The molecule has 6 nitrogen and oxygen atoms in total. The van der Waals surface area contributed by atoms with Gasteiger partial charge in [0.1, 0.15) is 0 Å². The molecule has 0 saturated heterocycles. The van der Waals surface area contributed by atoms with Crippen LogP contribution in [0.1, 0.15) is 31.2 Å². The zero-order valence-corrected chi connectivity index (χ0v) is 13.5. The number of methoxy groups -OCH3 is 1. The highest BCUT2D eigenvalue weighted by Crippen LogP contribution is 2.43. The zero-order valence-electron chi connectivity index (χ0n) is 12.6. The summed E-state index contributed by atoms with van der Waals surface area (Å²) in [6, 6.07) is 9.56. The third-order valence-corrected chi connectivity index (χ3v) is 4.35. The van der Waals surface area contributed by atoms with E-state index in [0.717, 1.165) is 5.56 Å². The SMILES string of the molecule is COC(=O)CCCC(=O)OP(=O)(O)CCCc1ccccc1. The van der Waals surface area contributed by atoms with Gasteiger partial charge >= 0.3 is 19.5 Å². The monoisotopic (exact) mass is 328 g/mol. The lowest BCUT2D eigenvalue weighted by Gasteiger charge is -2.11. The summed E-state index contributed by atoms with van der Waals surface area (Å²) < 4.78 is 20.8. The van der Waals surface area contributed by atoms with Gasteiger partial charge in [-0.1, -0.05) is 30.3 Å². The molecule has 0 heterocycles. The molecule has 0 aliphatic carbocycles. The Bertz CT molecular complexity index is 528. The molecule has 1 N–H and O–H groups in total. The predicted octanol–water partition coefficient (Wildman–Crippen LogP) is 2.69. The van der Waals surface area contributed by atoms with Gasteiger partial charge in [0.25, 0.3) is 0 Å². The summed E-state index contributed by atoms with van der Waals surface area (Å²) in [6.45, 7) is 0. The molecule has 1 unspecified atom stereocenters. The van der Waals surface area contributed by atoms with Gasteiger partial charge in [-0.15, -0.1) is 0 Å². The minimum Gasteiger partial charge on any atom is -0.469 e. The first-order valence-corrected chi connectivity index (χ1v) is 8.84. The molecule has 1 atom stereocenters. The lowest BCUT2D eigenvalue weighted by Crippen LogP contribution is -2.07. The average Bonchev–Trinajstić information content (AvgIpc) is 2.47. The van der Waals surface area contributed by atoms with Crippen LogP contribution in [0.2, 0.25) is 0 Å².